The zero-order chi connectivity index (χ0) is 33.1. The van der Waals surface area contributed by atoms with E-state index in [-0.39, 0.29) is 9.00 Å². The fourth-order valence-electron chi connectivity index (χ4n) is 2.87. The monoisotopic (exact) mass is 614 g/mol. The first-order chi connectivity index (χ1) is 21.8. The van der Waals surface area contributed by atoms with Crippen molar-refractivity contribution < 1.29 is 51.6 Å². The molecule has 0 atom stereocenters. The van der Waals surface area contributed by atoms with Gasteiger partial charge in [0.2, 0.25) is 0 Å². The molecule has 0 radical (unpaired) electrons. The zero-order valence-electron chi connectivity index (χ0n) is 23.7. The van der Waals surface area contributed by atoms with Gasteiger partial charge in [-0.2, -0.15) is 9.59 Å². The predicted octanol–water partition coefficient (Wildman–Crippen LogP) is 6.98. The highest BCUT2D eigenvalue weighted by Gasteiger charge is 2.13. The first kappa shape index (κ1) is 36.4. The Bertz CT molecular complexity index is 1460. The molecule has 0 saturated heterocycles. The van der Waals surface area contributed by atoms with Crippen molar-refractivity contribution in [3.63, 3.8) is 0 Å². The summed E-state index contributed by atoms with van der Waals surface area (Å²) in [4.78, 5) is 68.5. The maximum Gasteiger partial charge on any atom is 0.386 e. The molecule has 0 aliphatic carbocycles. The number of rotatable bonds is 4. The van der Waals surface area contributed by atoms with E-state index >= 15 is 0 Å². The van der Waals surface area contributed by atoms with Crippen LogP contribution < -0.4 is 0 Å². The van der Waals surface area contributed by atoms with Gasteiger partial charge >= 0.3 is 30.0 Å². The molecule has 45 heavy (non-hydrogen) atoms. The smallest absolute Gasteiger partial charge is 0.386 e. The second-order valence-corrected chi connectivity index (χ2v) is 8.05. The lowest BCUT2D eigenvalue weighted by molar-refractivity contribution is -0.191. The second-order valence-electron chi connectivity index (χ2n) is 8.05. The minimum absolute atomic E-state index is 0. The third kappa shape index (κ3) is 17.0. The van der Waals surface area contributed by atoms with E-state index in [0.29, 0.717) is 22.3 Å². The summed E-state index contributed by atoms with van der Waals surface area (Å²) in [6, 6.07) is 45.2. The van der Waals surface area contributed by atoms with Gasteiger partial charge in [-0.3, -0.25) is 0 Å². The van der Waals surface area contributed by atoms with E-state index < -0.39 is 23.9 Å². The van der Waals surface area contributed by atoms with Gasteiger partial charge in [0.15, 0.2) is 0 Å². The summed E-state index contributed by atoms with van der Waals surface area (Å²) in [6.07, 6.45) is 0.250. The van der Waals surface area contributed by atoms with Crippen molar-refractivity contribution in [2.45, 2.75) is 0 Å². The summed E-state index contributed by atoms with van der Waals surface area (Å²) in [5, 5.41) is 16.8. The van der Waals surface area contributed by atoms with E-state index in [0.717, 1.165) is 0 Å². The van der Waals surface area contributed by atoms with Gasteiger partial charge in [0.05, 0.1) is 22.3 Å². The number of carbonyl (C=O) groups excluding carboxylic acids is 4. The van der Waals surface area contributed by atoms with Crippen LogP contribution in [0.3, 0.4) is 0 Å². The van der Waals surface area contributed by atoms with Gasteiger partial charge in [-0.05, 0) is 48.5 Å². The SMILES string of the molecule is O=C(O)c1ccccc1.O=C(O)c1ccccc1.O=C(OOC(=O)c1ccccc1)c1ccccc1.O=C=O.[2HH].[2HH].c1ccccc1. The standard InChI is InChI=1S/C14H10O4.2C7H6O2.C6H6.CO2.2H2/c15-13(11-7-3-1-4-8-11)17-18-14(16)12-9-5-2-6-10-12;2*8-7(9)6-4-2-1-3-5-6;1-2-4-6-5-3-1;2-1-3;;/h1-10H;2*1-5H,(H,8,9);1-6H;;2*1H/i;;;;;2*1+1. The van der Waals surface area contributed by atoms with Gasteiger partial charge in [0.1, 0.15) is 0 Å². The van der Waals surface area contributed by atoms with Gasteiger partial charge in [-0.25, -0.2) is 29.0 Å². The van der Waals surface area contributed by atoms with E-state index in [1.54, 1.807) is 121 Å². The van der Waals surface area contributed by atoms with E-state index in [1.807, 2.05) is 36.4 Å². The molecular formula is C35H32O10. The normalized spacial score (nSPS) is 8.62. The van der Waals surface area contributed by atoms with E-state index in [1.165, 1.54) is 0 Å². The van der Waals surface area contributed by atoms with Crippen LogP contribution in [0.15, 0.2) is 158 Å². The van der Waals surface area contributed by atoms with Crippen molar-refractivity contribution in [3.8, 4) is 0 Å². The molecule has 0 unspecified atom stereocenters. The Morgan fingerprint density at radius 1 is 0.400 bits per heavy atom. The van der Waals surface area contributed by atoms with Crippen LogP contribution in [0.4, 0.5) is 0 Å². The number of hydrogen-bond donors (Lipinski definition) is 2. The molecule has 0 aliphatic rings. The topological polar surface area (TPSA) is 161 Å². The first-order valence-corrected chi connectivity index (χ1v) is 12.9. The number of carboxylic acids is 2. The van der Waals surface area contributed by atoms with Gasteiger partial charge in [0, 0.05) is 2.85 Å². The fraction of sp³-hybridized carbons (Fsp3) is 0. The average Bonchev–Trinajstić information content (AvgIpc) is 3.10. The molecule has 0 heterocycles. The van der Waals surface area contributed by atoms with E-state index in [2.05, 4.69) is 9.78 Å². The minimum Gasteiger partial charge on any atom is -0.478 e. The largest absolute Gasteiger partial charge is 0.478 e. The third-order valence-corrected chi connectivity index (χ3v) is 4.92. The fourth-order valence-corrected chi connectivity index (χ4v) is 2.87. The Morgan fingerprint density at radius 3 is 0.756 bits per heavy atom. The molecule has 10 heteroatoms. The predicted molar refractivity (Wildman–Crippen MR) is 166 cm³/mol. The molecular weight excluding hydrogens is 580 g/mol. The lowest BCUT2D eigenvalue weighted by Crippen LogP contribution is -2.11. The molecule has 0 aliphatic heterocycles. The van der Waals surface area contributed by atoms with Crippen molar-refractivity contribution in [1.29, 1.82) is 0 Å². The lowest BCUT2D eigenvalue weighted by atomic mass is 10.2. The molecule has 232 valence electrons. The molecule has 0 bridgehead atoms. The second kappa shape index (κ2) is 23.0. The molecule has 0 saturated carbocycles. The lowest BCUT2D eigenvalue weighted by Gasteiger charge is -2.02. The van der Waals surface area contributed by atoms with Crippen molar-refractivity contribution in [3.05, 3.63) is 180 Å². The van der Waals surface area contributed by atoms with Crippen LogP contribution in [0.5, 0.6) is 0 Å². The van der Waals surface area contributed by atoms with Crippen LogP contribution in [-0.4, -0.2) is 40.2 Å². The number of carboxylic acid groups (broad SMARTS) is 2. The van der Waals surface area contributed by atoms with Crippen LogP contribution in [0.2, 0.25) is 0 Å². The zero-order valence-corrected chi connectivity index (χ0v) is 23.7. The van der Waals surface area contributed by atoms with Crippen LogP contribution in [-0.2, 0) is 19.4 Å². The Hall–Kier alpha value is -6.64. The van der Waals surface area contributed by atoms with Crippen molar-refractivity contribution in [1.82, 2.24) is 0 Å². The van der Waals surface area contributed by atoms with Gasteiger partial charge < -0.3 is 10.2 Å². The summed E-state index contributed by atoms with van der Waals surface area (Å²) < 4.78 is 0. The number of carbonyl (C=O) groups is 4. The summed E-state index contributed by atoms with van der Waals surface area (Å²) >= 11 is 0. The van der Waals surface area contributed by atoms with Gasteiger partial charge in [-0.1, -0.05) is 109 Å². The molecule has 0 fully saturated rings. The van der Waals surface area contributed by atoms with Crippen molar-refractivity contribution in [2.75, 3.05) is 0 Å². The summed E-state index contributed by atoms with van der Waals surface area (Å²) in [6.45, 7) is 0. The minimum atomic E-state index is -0.879. The number of aromatic carboxylic acids is 2. The quantitative estimate of drug-likeness (QED) is 0.160. The summed E-state index contributed by atoms with van der Waals surface area (Å²) in [5.41, 5.74) is 1.30. The Morgan fingerprint density at radius 2 is 0.578 bits per heavy atom. The van der Waals surface area contributed by atoms with Crippen molar-refractivity contribution in [2.24, 2.45) is 0 Å². The van der Waals surface area contributed by atoms with Crippen LogP contribution in [0.1, 0.15) is 44.3 Å². The highest BCUT2D eigenvalue weighted by Crippen LogP contribution is 2.05. The van der Waals surface area contributed by atoms with Gasteiger partial charge in [-0.15, -0.1) is 0 Å². The molecule has 2 N–H and O–H groups in total. The Balaban J connectivity index is 0. The Kier molecular flexibility index (Phi) is 18.6. The molecule has 0 spiro atoms. The van der Waals surface area contributed by atoms with Crippen LogP contribution in [0.25, 0.3) is 0 Å². The summed E-state index contributed by atoms with van der Waals surface area (Å²) in [7, 11) is 0. The van der Waals surface area contributed by atoms with E-state index in [4.69, 9.17) is 19.8 Å². The highest BCUT2D eigenvalue weighted by molar-refractivity contribution is 5.92. The number of hydrogen-bond acceptors (Lipinski definition) is 8. The highest BCUT2D eigenvalue weighted by atomic mass is 17.2. The molecule has 0 aromatic heterocycles. The molecule has 5 aromatic rings. The number of benzene rings is 5. The third-order valence-electron chi connectivity index (χ3n) is 4.92. The van der Waals surface area contributed by atoms with Crippen molar-refractivity contribution >= 4 is 30.0 Å². The molecule has 0 amide bonds. The average molecular weight is 615 g/mol. The molecule has 5 rings (SSSR count). The summed E-state index contributed by atoms with van der Waals surface area (Å²) in [5.74, 6) is -3.18. The maximum absolute atomic E-state index is 11.5. The van der Waals surface area contributed by atoms with Crippen LogP contribution >= 0.6 is 0 Å². The molecule has 5 aromatic carbocycles. The Labute approximate surface area is 261 Å². The van der Waals surface area contributed by atoms with E-state index in [9.17, 15) is 19.2 Å². The molecule has 10 nitrogen and oxygen atoms in total. The first-order valence-electron chi connectivity index (χ1n) is 12.9. The van der Waals surface area contributed by atoms with Crippen LogP contribution in [0, 0.1) is 0 Å². The van der Waals surface area contributed by atoms with Gasteiger partial charge in [0.25, 0.3) is 0 Å². The maximum atomic E-state index is 11.5.